The van der Waals surface area contributed by atoms with Gasteiger partial charge in [-0.25, -0.2) is 4.98 Å². The molecule has 3 aromatic rings. The number of oxazole rings is 1. The van der Waals surface area contributed by atoms with E-state index in [0.29, 0.717) is 11.6 Å². The van der Waals surface area contributed by atoms with Crippen molar-refractivity contribution in [1.29, 1.82) is 0 Å². The summed E-state index contributed by atoms with van der Waals surface area (Å²) in [6, 6.07) is 13.5. The van der Waals surface area contributed by atoms with Gasteiger partial charge in [-0.15, -0.1) is 0 Å². The summed E-state index contributed by atoms with van der Waals surface area (Å²) in [7, 11) is 1.64. The van der Waals surface area contributed by atoms with E-state index in [1.54, 1.807) is 7.11 Å². The SMILES string of the molecule is COc1cccc(/C=C/c2nc3ccccc3o2)c1OC(C)C. The number of fused-ring (bicyclic) bond motifs is 1. The lowest BCUT2D eigenvalue weighted by Gasteiger charge is -2.15. The molecule has 0 aliphatic carbocycles. The van der Waals surface area contributed by atoms with Crippen molar-refractivity contribution in [2.45, 2.75) is 20.0 Å². The summed E-state index contributed by atoms with van der Waals surface area (Å²) in [5.41, 5.74) is 2.54. The van der Waals surface area contributed by atoms with Crippen molar-refractivity contribution < 1.29 is 13.9 Å². The van der Waals surface area contributed by atoms with Crippen LogP contribution in [0.2, 0.25) is 0 Å². The fraction of sp³-hybridized carbons (Fsp3) is 0.211. The summed E-state index contributed by atoms with van der Waals surface area (Å²) in [5.74, 6) is 1.99. The highest BCUT2D eigenvalue weighted by atomic mass is 16.5. The maximum atomic E-state index is 5.89. The minimum absolute atomic E-state index is 0.0581. The first-order chi connectivity index (χ1) is 11.2. The number of rotatable bonds is 5. The van der Waals surface area contributed by atoms with E-state index in [1.807, 2.05) is 68.5 Å². The van der Waals surface area contributed by atoms with Gasteiger partial charge in [0, 0.05) is 11.6 Å². The first-order valence-electron chi connectivity index (χ1n) is 7.54. The van der Waals surface area contributed by atoms with Gasteiger partial charge in [-0.2, -0.15) is 0 Å². The van der Waals surface area contributed by atoms with Crippen molar-refractivity contribution in [1.82, 2.24) is 4.98 Å². The standard InChI is InChI=1S/C19H19NO3/c1-13(2)22-19-14(7-6-10-17(19)21-3)11-12-18-20-15-8-4-5-9-16(15)23-18/h4-13H,1-3H3/b12-11+. The zero-order valence-corrected chi connectivity index (χ0v) is 13.4. The molecule has 0 amide bonds. The van der Waals surface area contributed by atoms with Gasteiger partial charge < -0.3 is 13.9 Å². The Kier molecular flexibility index (Phi) is 4.33. The highest BCUT2D eigenvalue weighted by Gasteiger charge is 2.10. The molecule has 0 saturated heterocycles. The summed E-state index contributed by atoms with van der Waals surface area (Å²) in [6.07, 6.45) is 3.81. The maximum Gasteiger partial charge on any atom is 0.220 e. The number of benzene rings is 2. The summed E-state index contributed by atoms with van der Waals surface area (Å²) in [6.45, 7) is 3.97. The van der Waals surface area contributed by atoms with E-state index in [9.17, 15) is 0 Å². The van der Waals surface area contributed by atoms with Gasteiger partial charge in [-0.05, 0) is 38.1 Å². The second-order valence-electron chi connectivity index (χ2n) is 5.40. The number of para-hydroxylation sites is 3. The van der Waals surface area contributed by atoms with Crippen LogP contribution in [0.3, 0.4) is 0 Å². The van der Waals surface area contributed by atoms with E-state index in [1.165, 1.54) is 0 Å². The van der Waals surface area contributed by atoms with E-state index in [4.69, 9.17) is 13.9 Å². The van der Waals surface area contributed by atoms with Gasteiger partial charge in [-0.1, -0.05) is 24.3 Å². The smallest absolute Gasteiger partial charge is 0.220 e. The molecule has 0 N–H and O–H groups in total. The van der Waals surface area contributed by atoms with Crippen LogP contribution in [-0.2, 0) is 0 Å². The van der Waals surface area contributed by atoms with Crippen LogP contribution in [0.5, 0.6) is 11.5 Å². The number of nitrogens with zero attached hydrogens (tertiary/aromatic N) is 1. The van der Waals surface area contributed by atoms with Gasteiger partial charge in [0.2, 0.25) is 5.89 Å². The van der Waals surface area contributed by atoms with Crippen LogP contribution in [0.15, 0.2) is 46.9 Å². The third-order valence-corrected chi connectivity index (χ3v) is 3.30. The molecule has 1 aromatic heterocycles. The zero-order chi connectivity index (χ0) is 16.2. The van der Waals surface area contributed by atoms with E-state index in [-0.39, 0.29) is 6.10 Å². The quantitative estimate of drug-likeness (QED) is 0.679. The fourth-order valence-electron chi connectivity index (χ4n) is 2.31. The minimum Gasteiger partial charge on any atom is -0.493 e. The third-order valence-electron chi connectivity index (χ3n) is 3.30. The van der Waals surface area contributed by atoms with Crippen molar-refractivity contribution in [3.63, 3.8) is 0 Å². The molecule has 4 heteroatoms. The van der Waals surface area contributed by atoms with Crippen LogP contribution in [0, 0.1) is 0 Å². The molecule has 0 saturated carbocycles. The van der Waals surface area contributed by atoms with Gasteiger partial charge in [0.15, 0.2) is 17.1 Å². The predicted octanol–water partition coefficient (Wildman–Crippen LogP) is 4.79. The molecule has 118 valence electrons. The fourth-order valence-corrected chi connectivity index (χ4v) is 2.31. The number of aromatic nitrogens is 1. The topological polar surface area (TPSA) is 44.5 Å². The Labute approximate surface area is 135 Å². The highest BCUT2D eigenvalue weighted by Crippen LogP contribution is 2.33. The first-order valence-corrected chi connectivity index (χ1v) is 7.54. The van der Waals surface area contributed by atoms with E-state index in [2.05, 4.69) is 4.98 Å². The number of hydrogen-bond acceptors (Lipinski definition) is 4. The molecule has 0 unspecified atom stereocenters. The molecule has 0 fully saturated rings. The lowest BCUT2D eigenvalue weighted by molar-refractivity contribution is 0.229. The summed E-state index contributed by atoms with van der Waals surface area (Å²) < 4.78 is 17.0. The average molecular weight is 309 g/mol. The molecular formula is C19H19NO3. The van der Waals surface area contributed by atoms with Crippen LogP contribution in [0.1, 0.15) is 25.3 Å². The van der Waals surface area contributed by atoms with Gasteiger partial charge >= 0.3 is 0 Å². The van der Waals surface area contributed by atoms with E-state index in [0.717, 1.165) is 22.4 Å². The molecule has 1 heterocycles. The van der Waals surface area contributed by atoms with Crippen molar-refractivity contribution >= 4 is 23.3 Å². The van der Waals surface area contributed by atoms with Gasteiger partial charge in [0.05, 0.1) is 13.2 Å². The average Bonchev–Trinajstić information content (AvgIpc) is 2.96. The Balaban J connectivity index is 1.94. The molecular weight excluding hydrogens is 290 g/mol. The van der Waals surface area contributed by atoms with Gasteiger partial charge in [0.25, 0.3) is 0 Å². The van der Waals surface area contributed by atoms with Crippen molar-refractivity contribution in [3.8, 4) is 11.5 Å². The normalized spacial score (nSPS) is 11.5. The highest BCUT2D eigenvalue weighted by molar-refractivity contribution is 5.77. The lowest BCUT2D eigenvalue weighted by atomic mass is 10.1. The molecule has 3 rings (SSSR count). The Morgan fingerprint density at radius 1 is 1.04 bits per heavy atom. The number of methoxy groups -OCH3 is 1. The molecule has 0 radical (unpaired) electrons. The molecule has 0 aliphatic rings. The van der Waals surface area contributed by atoms with Crippen molar-refractivity contribution in [3.05, 3.63) is 53.9 Å². The second-order valence-corrected chi connectivity index (χ2v) is 5.40. The molecule has 0 aliphatic heterocycles. The van der Waals surface area contributed by atoms with Gasteiger partial charge in [0.1, 0.15) is 5.52 Å². The Morgan fingerprint density at radius 3 is 2.61 bits per heavy atom. The Morgan fingerprint density at radius 2 is 1.87 bits per heavy atom. The first kappa shape index (κ1) is 15.2. The predicted molar refractivity (Wildman–Crippen MR) is 91.7 cm³/mol. The summed E-state index contributed by atoms with van der Waals surface area (Å²) in [5, 5.41) is 0. The molecule has 2 aromatic carbocycles. The van der Waals surface area contributed by atoms with E-state index < -0.39 is 0 Å². The van der Waals surface area contributed by atoms with Crippen molar-refractivity contribution in [2.24, 2.45) is 0 Å². The summed E-state index contributed by atoms with van der Waals surface area (Å²) >= 11 is 0. The van der Waals surface area contributed by atoms with Crippen LogP contribution in [0.4, 0.5) is 0 Å². The number of hydrogen-bond donors (Lipinski definition) is 0. The van der Waals surface area contributed by atoms with E-state index >= 15 is 0 Å². The monoisotopic (exact) mass is 309 g/mol. The van der Waals surface area contributed by atoms with Crippen LogP contribution in [-0.4, -0.2) is 18.2 Å². The lowest BCUT2D eigenvalue weighted by Crippen LogP contribution is -2.07. The van der Waals surface area contributed by atoms with Crippen LogP contribution in [0.25, 0.3) is 23.3 Å². The molecule has 4 nitrogen and oxygen atoms in total. The molecule has 0 bridgehead atoms. The number of ether oxygens (including phenoxy) is 2. The second kappa shape index (κ2) is 6.57. The molecule has 0 spiro atoms. The molecule has 0 atom stereocenters. The summed E-state index contributed by atoms with van der Waals surface area (Å²) in [4.78, 5) is 4.44. The maximum absolute atomic E-state index is 5.89. The Bertz CT molecular complexity index is 801. The molecule has 23 heavy (non-hydrogen) atoms. The minimum atomic E-state index is 0.0581. The third kappa shape index (κ3) is 3.37. The van der Waals surface area contributed by atoms with Crippen molar-refractivity contribution in [2.75, 3.05) is 7.11 Å². The van der Waals surface area contributed by atoms with Crippen LogP contribution < -0.4 is 9.47 Å². The zero-order valence-electron chi connectivity index (χ0n) is 13.4. The van der Waals surface area contributed by atoms with Gasteiger partial charge in [-0.3, -0.25) is 0 Å². The van der Waals surface area contributed by atoms with Crippen LogP contribution >= 0.6 is 0 Å². The Hall–Kier alpha value is -2.75. The largest absolute Gasteiger partial charge is 0.493 e.